The molecule has 5 nitrogen and oxygen atoms in total. The molecule has 0 aliphatic heterocycles. The Kier molecular flexibility index (Phi) is 4.05. The molecule has 1 aromatic rings. The maximum absolute atomic E-state index is 11.0. The third-order valence-corrected chi connectivity index (χ3v) is 1.97. The lowest BCUT2D eigenvalue weighted by atomic mass is 10.1. The van der Waals surface area contributed by atoms with Crippen LogP contribution in [0.15, 0.2) is 18.3 Å². The van der Waals surface area contributed by atoms with Gasteiger partial charge in [0.15, 0.2) is 0 Å². The van der Waals surface area contributed by atoms with E-state index in [2.05, 4.69) is 9.72 Å². The fourth-order valence-corrected chi connectivity index (χ4v) is 1.14. The first-order valence-corrected chi connectivity index (χ1v) is 4.49. The molecule has 0 fully saturated rings. The number of nitrogens with two attached hydrogens (primary N) is 1. The van der Waals surface area contributed by atoms with Crippen LogP contribution >= 0.6 is 0 Å². The lowest BCUT2D eigenvalue weighted by Crippen LogP contribution is -2.33. The molecule has 0 saturated heterocycles. The quantitative estimate of drug-likeness (QED) is 0.715. The first-order valence-electron chi connectivity index (χ1n) is 4.49. The van der Waals surface area contributed by atoms with E-state index < -0.39 is 12.0 Å². The highest BCUT2D eigenvalue weighted by Gasteiger charge is 2.14. The second kappa shape index (κ2) is 5.31. The zero-order chi connectivity index (χ0) is 11.3. The number of hydrogen-bond acceptors (Lipinski definition) is 5. The van der Waals surface area contributed by atoms with Gasteiger partial charge in [0.25, 0.3) is 0 Å². The molecule has 0 aromatic carbocycles. The van der Waals surface area contributed by atoms with Gasteiger partial charge in [0, 0.05) is 12.3 Å². The second-order valence-corrected chi connectivity index (χ2v) is 3.04. The average Bonchev–Trinajstić information content (AvgIpc) is 2.29. The molecule has 1 rings (SSSR count). The number of esters is 1. The number of methoxy groups -OCH3 is 2. The number of nitrogens with zero attached hydrogens (tertiary/aromatic N) is 1. The SMILES string of the molecule is COC(=O)[C@H](N)Cc1ccc(OC)nc1. The predicted octanol–water partition coefficient (Wildman–Crippen LogP) is 0.133. The zero-order valence-corrected chi connectivity index (χ0v) is 8.77. The van der Waals surface area contributed by atoms with Crippen LogP contribution in [0, 0.1) is 0 Å². The smallest absolute Gasteiger partial charge is 0.322 e. The van der Waals surface area contributed by atoms with E-state index >= 15 is 0 Å². The predicted molar refractivity (Wildman–Crippen MR) is 54.5 cm³/mol. The normalized spacial score (nSPS) is 11.9. The van der Waals surface area contributed by atoms with Gasteiger partial charge in [0.05, 0.1) is 14.2 Å². The molecule has 0 aliphatic carbocycles. The molecule has 1 heterocycles. The van der Waals surface area contributed by atoms with Crippen molar-refractivity contribution in [3.63, 3.8) is 0 Å². The summed E-state index contributed by atoms with van der Waals surface area (Å²) in [5.74, 6) is 0.108. The van der Waals surface area contributed by atoms with E-state index in [1.807, 2.05) is 6.07 Å². The van der Waals surface area contributed by atoms with Crippen LogP contribution in [0.25, 0.3) is 0 Å². The third kappa shape index (κ3) is 3.21. The van der Waals surface area contributed by atoms with Crippen LogP contribution < -0.4 is 10.5 Å². The van der Waals surface area contributed by atoms with Crippen molar-refractivity contribution in [1.82, 2.24) is 4.98 Å². The Balaban J connectivity index is 2.60. The van der Waals surface area contributed by atoms with Crippen molar-refractivity contribution in [3.05, 3.63) is 23.9 Å². The van der Waals surface area contributed by atoms with E-state index in [0.717, 1.165) is 5.56 Å². The van der Waals surface area contributed by atoms with E-state index in [0.29, 0.717) is 12.3 Å². The molecule has 0 bridgehead atoms. The van der Waals surface area contributed by atoms with Crippen LogP contribution in [0.3, 0.4) is 0 Å². The molecule has 0 saturated carbocycles. The van der Waals surface area contributed by atoms with Crippen LogP contribution in [-0.4, -0.2) is 31.2 Å². The molecule has 1 aromatic heterocycles. The van der Waals surface area contributed by atoms with Crippen molar-refractivity contribution in [2.45, 2.75) is 12.5 Å². The topological polar surface area (TPSA) is 74.4 Å². The van der Waals surface area contributed by atoms with Crippen LogP contribution in [0.1, 0.15) is 5.56 Å². The van der Waals surface area contributed by atoms with Crippen LogP contribution in [0.2, 0.25) is 0 Å². The lowest BCUT2D eigenvalue weighted by molar-refractivity contribution is -0.142. The van der Waals surface area contributed by atoms with E-state index in [1.54, 1.807) is 19.4 Å². The highest BCUT2D eigenvalue weighted by Crippen LogP contribution is 2.08. The molecule has 0 amide bonds. The Labute approximate surface area is 88.2 Å². The highest BCUT2D eigenvalue weighted by molar-refractivity contribution is 5.75. The fourth-order valence-electron chi connectivity index (χ4n) is 1.14. The minimum atomic E-state index is -0.648. The number of carbonyl (C=O) groups excluding carboxylic acids is 1. The van der Waals surface area contributed by atoms with Crippen LogP contribution in [-0.2, 0) is 16.0 Å². The summed E-state index contributed by atoms with van der Waals surface area (Å²) < 4.78 is 9.43. The minimum Gasteiger partial charge on any atom is -0.481 e. The maximum atomic E-state index is 11.0. The van der Waals surface area contributed by atoms with Crippen molar-refractivity contribution in [2.24, 2.45) is 5.73 Å². The van der Waals surface area contributed by atoms with Crippen molar-refractivity contribution < 1.29 is 14.3 Å². The Morgan fingerprint density at radius 1 is 1.53 bits per heavy atom. The number of rotatable bonds is 4. The molecule has 1 atom stereocenters. The number of carbonyl (C=O) groups is 1. The Morgan fingerprint density at radius 2 is 2.27 bits per heavy atom. The average molecular weight is 210 g/mol. The molecule has 0 unspecified atom stereocenters. The first kappa shape index (κ1) is 11.5. The number of aromatic nitrogens is 1. The molecule has 2 N–H and O–H groups in total. The molecule has 15 heavy (non-hydrogen) atoms. The number of pyridine rings is 1. The molecule has 0 spiro atoms. The fraction of sp³-hybridized carbons (Fsp3) is 0.400. The van der Waals surface area contributed by atoms with E-state index in [1.165, 1.54) is 7.11 Å². The van der Waals surface area contributed by atoms with Gasteiger partial charge in [-0.05, 0) is 12.0 Å². The largest absolute Gasteiger partial charge is 0.481 e. The third-order valence-electron chi connectivity index (χ3n) is 1.97. The summed E-state index contributed by atoms with van der Waals surface area (Å²) in [5, 5.41) is 0. The van der Waals surface area contributed by atoms with Gasteiger partial charge >= 0.3 is 5.97 Å². The van der Waals surface area contributed by atoms with Gasteiger partial charge in [-0.1, -0.05) is 6.07 Å². The summed E-state index contributed by atoms with van der Waals surface area (Å²) in [4.78, 5) is 15.1. The number of ether oxygens (including phenoxy) is 2. The summed E-state index contributed by atoms with van der Waals surface area (Å²) >= 11 is 0. The van der Waals surface area contributed by atoms with Gasteiger partial charge in [-0.25, -0.2) is 4.98 Å². The molecular weight excluding hydrogens is 196 g/mol. The molecule has 5 heteroatoms. The summed E-state index contributed by atoms with van der Waals surface area (Å²) in [7, 11) is 2.86. The molecule has 0 radical (unpaired) electrons. The van der Waals surface area contributed by atoms with Gasteiger partial charge < -0.3 is 15.2 Å². The molecule has 82 valence electrons. The zero-order valence-electron chi connectivity index (χ0n) is 8.77. The Hall–Kier alpha value is -1.62. The van der Waals surface area contributed by atoms with E-state index in [4.69, 9.17) is 10.5 Å². The van der Waals surface area contributed by atoms with Crippen LogP contribution in [0.4, 0.5) is 0 Å². The van der Waals surface area contributed by atoms with E-state index in [9.17, 15) is 4.79 Å². The van der Waals surface area contributed by atoms with Gasteiger partial charge in [-0.15, -0.1) is 0 Å². The Bertz CT molecular complexity index is 324. The van der Waals surface area contributed by atoms with Gasteiger partial charge in [-0.3, -0.25) is 4.79 Å². The minimum absolute atomic E-state index is 0.406. The van der Waals surface area contributed by atoms with Gasteiger partial charge in [0.2, 0.25) is 5.88 Å². The maximum Gasteiger partial charge on any atom is 0.322 e. The summed E-state index contributed by atoms with van der Waals surface area (Å²) in [5.41, 5.74) is 6.47. The molecular formula is C10H14N2O3. The van der Waals surface area contributed by atoms with Gasteiger partial charge in [-0.2, -0.15) is 0 Å². The summed E-state index contributed by atoms with van der Waals surface area (Å²) in [6.45, 7) is 0. The number of hydrogen-bond donors (Lipinski definition) is 1. The summed E-state index contributed by atoms with van der Waals surface area (Å²) in [6, 6.07) is 2.89. The van der Waals surface area contributed by atoms with Crippen molar-refractivity contribution >= 4 is 5.97 Å². The first-order chi connectivity index (χ1) is 7.17. The molecule has 0 aliphatic rings. The second-order valence-electron chi connectivity index (χ2n) is 3.04. The van der Waals surface area contributed by atoms with E-state index in [-0.39, 0.29) is 0 Å². The van der Waals surface area contributed by atoms with Crippen molar-refractivity contribution in [3.8, 4) is 5.88 Å². The van der Waals surface area contributed by atoms with Gasteiger partial charge in [0.1, 0.15) is 6.04 Å². The monoisotopic (exact) mass is 210 g/mol. The van der Waals surface area contributed by atoms with Crippen LogP contribution in [0.5, 0.6) is 5.88 Å². The van der Waals surface area contributed by atoms with Crippen molar-refractivity contribution in [1.29, 1.82) is 0 Å². The highest BCUT2D eigenvalue weighted by atomic mass is 16.5. The van der Waals surface area contributed by atoms with Crippen molar-refractivity contribution in [2.75, 3.05) is 14.2 Å². The Morgan fingerprint density at radius 3 is 2.73 bits per heavy atom. The summed E-state index contributed by atoms with van der Waals surface area (Å²) in [6.07, 6.45) is 2.03. The standard InChI is InChI=1S/C10H14N2O3/c1-14-9-4-3-7(6-12-9)5-8(11)10(13)15-2/h3-4,6,8H,5,11H2,1-2H3/t8-/m1/s1. The lowest BCUT2D eigenvalue weighted by Gasteiger charge is -2.08.